The van der Waals surface area contributed by atoms with E-state index in [9.17, 15) is 5.11 Å². The highest BCUT2D eigenvalue weighted by Crippen LogP contribution is 2.35. The van der Waals surface area contributed by atoms with Crippen LogP contribution in [0.15, 0.2) is 24.4 Å². The molecule has 0 spiro atoms. The molecule has 0 bridgehead atoms. The Morgan fingerprint density at radius 3 is 2.85 bits per heavy atom. The van der Waals surface area contributed by atoms with Crippen LogP contribution in [0.25, 0.3) is 6.08 Å². The number of rotatable bonds is 7. The van der Waals surface area contributed by atoms with Gasteiger partial charge < -0.3 is 14.6 Å². The molecule has 7 nitrogen and oxygen atoms in total. The lowest BCUT2D eigenvalue weighted by molar-refractivity contribution is 0.0717. The van der Waals surface area contributed by atoms with Gasteiger partial charge in [0.05, 0.1) is 35.9 Å². The molecule has 2 aliphatic heterocycles. The van der Waals surface area contributed by atoms with Crippen LogP contribution in [0.5, 0.6) is 0 Å². The summed E-state index contributed by atoms with van der Waals surface area (Å²) < 4.78 is 2.32. The van der Waals surface area contributed by atoms with Gasteiger partial charge in [0.25, 0.3) is 0 Å². The van der Waals surface area contributed by atoms with Crippen LogP contribution in [0.4, 0.5) is 0 Å². The van der Waals surface area contributed by atoms with Crippen molar-refractivity contribution in [3.63, 3.8) is 0 Å². The summed E-state index contributed by atoms with van der Waals surface area (Å²) in [4.78, 5) is 17.4. The van der Waals surface area contributed by atoms with Crippen LogP contribution in [0, 0.1) is 0 Å². The lowest BCUT2D eigenvalue weighted by atomic mass is 9.90. The average Bonchev–Trinajstić information content (AvgIpc) is 3.21. The molecule has 5 rings (SSSR count). The van der Waals surface area contributed by atoms with Crippen LogP contribution in [0.3, 0.4) is 0 Å². The summed E-state index contributed by atoms with van der Waals surface area (Å²) in [6.45, 7) is 8.32. The standard InChI is InChI=1S/C26H38N6O/c1-3-13-31(22-9-4-7-20-8-6-12-27-26(20)22)18-21-23(19-33)32-24(28-21)10-5-11-25(32)30-16-14-29(2)15-17-30/h5-6,8,10,12,22,25,33H,3-4,7,9,11,13-19H2,1-2H3/t22-,25?/m0/s1. The quantitative estimate of drug-likeness (QED) is 0.699. The molecule has 0 radical (unpaired) electrons. The van der Waals surface area contributed by atoms with E-state index in [0.29, 0.717) is 6.04 Å². The first-order valence-electron chi connectivity index (χ1n) is 12.7. The largest absolute Gasteiger partial charge is 0.390 e. The molecule has 1 unspecified atom stereocenters. The maximum atomic E-state index is 10.5. The first kappa shape index (κ1) is 22.7. The Labute approximate surface area is 197 Å². The molecule has 7 heteroatoms. The van der Waals surface area contributed by atoms with Crippen LogP contribution in [-0.2, 0) is 19.6 Å². The van der Waals surface area contributed by atoms with Gasteiger partial charge >= 0.3 is 0 Å². The highest BCUT2D eigenvalue weighted by Gasteiger charge is 2.32. The number of piperazine rings is 1. The van der Waals surface area contributed by atoms with Gasteiger partial charge in [0, 0.05) is 45.3 Å². The lowest BCUT2D eigenvalue weighted by Crippen LogP contribution is -2.48. The molecule has 2 atom stereocenters. The third kappa shape index (κ3) is 4.52. The fourth-order valence-corrected chi connectivity index (χ4v) is 5.88. The first-order valence-corrected chi connectivity index (χ1v) is 12.7. The number of likely N-dealkylation sites (N-methyl/N-ethyl adjacent to an activating group) is 1. The summed E-state index contributed by atoms with van der Waals surface area (Å²) in [5, 5.41) is 10.5. The van der Waals surface area contributed by atoms with E-state index in [1.807, 2.05) is 6.20 Å². The van der Waals surface area contributed by atoms with E-state index in [1.165, 1.54) is 17.7 Å². The van der Waals surface area contributed by atoms with Crippen molar-refractivity contribution >= 4 is 6.08 Å². The zero-order valence-corrected chi connectivity index (χ0v) is 20.2. The van der Waals surface area contributed by atoms with E-state index < -0.39 is 0 Å². The number of pyridine rings is 1. The second-order valence-corrected chi connectivity index (χ2v) is 9.78. The maximum Gasteiger partial charge on any atom is 0.134 e. The highest BCUT2D eigenvalue weighted by atomic mass is 16.3. The lowest BCUT2D eigenvalue weighted by Gasteiger charge is -2.40. The van der Waals surface area contributed by atoms with E-state index in [1.54, 1.807) is 0 Å². The molecule has 1 aliphatic carbocycles. The molecule has 33 heavy (non-hydrogen) atoms. The number of hydrogen-bond donors (Lipinski definition) is 1. The average molecular weight is 451 g/mol. The van der Waals surface area contributed by atoms with Crippen molar-refractivity contribution in [2.45, 2.75) is 64.4 Å². The zero-order valence-electron chi connectivity index (χ0n) is 20.2. The topological polar surface area (TPSA) is 60.7 Å². The molecular formula is C26H38N6O. The number of aryl methyl sites for hydroxylation is 1. The normalized spacial score (nSPS) is 23.6. The molecule has 3 aliphatic rings. The summed E-state index contributed by atoms with van der Waals surface area (Å²) in [5.41, 5.74) is 4.63. The van der Waals surface area contributed by atoms with Crippen LogP contribution in [-0.4, -0.2) is 74.1 Å². The summed E-state index contributed by atoms with van der Waals surface area (Å²) in [7, 11) is 2.19. The zero-order chi connectivity index (χ0) is 22.8. The SMILES string of the molecule is CCCN(Cc1nc2n(c1CO)C(N1CCN(C)CC1)CC=C2)[C@H]1CCCc2cccnc21. The summed E-state index contributed by atoms with van der Waals surface area (Å²) in [6, 6.07) is 4.62. The van der Waals surface area contributed by atoms with Crippen LogP contribution in [0.1, 0.15) is 73.3 Å². The number of aromatic nitrogens is 3. The summed E-state index contributed by atoms with van der Waals surface area (Å²) in [6.07, 6.45) is 12.1. The molecule has 0 amide bonds. The third-order valence-electron chi connectivity index (χ3n) is 7.61. The second-order valence-electron chi connectivity index (χ2n) is 9.78. The van der Waals surface area contributed by atoms with Crippen LogP contribution in [0.2, 0.25) is 0 Å². The molecule has 1 saturated heterocycles. The van der Waals surface area contributed by atoms with E-state index in [-0.39, 0.29) is 12.8 Å². The molecule has 2 aromatic rings. The van der Waals surface area contributed by atoms with Gasteiger partial charge in [-0.25, -0.2) is 4.98 Å². The minimum atomic E-state index is 0.0277. The third-order valence-corrected chi connectivity index (χ3v) is 7.61. The minimum Gasteiger partial charge on any atom is -0.390 e. The summed E-state index contributed by atoms with van der Waals surface area (Å²) in [5.74, 6) is 0.989. The van der Waals surface area contributed by atoms with Crippen molar-refractivity contribution in [1.82, 2.24) is 29.2 Å². The summed E-state index contributed by atoms with van der Waals surface area (Å²) >= 11 is 0. The van der Waals surface area contributed by atoms with Crippen LogP contribution >= 0.6 is 0 Å². The smallest absolute Gasteiger partial charge is 0.134 e. The number of nitrogens with zero attached hydrogens (tertiary/aromatic N) is 6. The molecule has 0 saturated carbocycles. The highest BCUT2D eigenvalue weighted by molar-refractivity contribution is 5.46. The first-order chi connectivity index (χ1) is 16.2. The van der Waals surface area contributed by atoms with Crippen molar-refractivity contribution in [1.29, 1.82) is 0 Å². The van der Waals surface area contributed by atoms with Gasteiger partial charge in [-0.15, -0.1) is 0 Å². The second kappa shape index (κ2) is 10.1. The molecule has 1 fully saturated rings. The molecular weight excluding hydrogens is 412 g/mol. The van der Waals surface area contributed by atoms with Gasteiger partial charge in [-0.2, -0.15) is 0 Å². The van der Waals surface area contributed by atoms with Gasteiger partial charge in [-0.3, -0.25) is 14.8 Å². The van der Waals surface area contributed by atoms with Crippen molar-refractivity contribution in [2.75, 3.05) is 39.8 Å². The van der Waals surface area contributed by atoms with Crippen molar-refractivity contribution in [3.8, 4) is 0 Å². The number of fused-ring (bicyclic) bond motifs is 2. The Morgan fingerprint density at radius 2 is 2.06 bits per heavy atom. The molecule has 178 valence electrons. The number of aliphatic hydroxyl groups excluding tert-OH is 1. The van der Waals surface area contributed by atoms with Gasteiger partial charge in [0.2, 0.25) is 0 Å². The van der Waals surface area contributed by atoms with E-state index >= 15 is 0 Å². The minimum absolute atomic E-state index is 0.0277. The van der Waals surface area contributed by atoms with Crippen molar-refractivity contribution < 1.29 is 5.11 Å². The fraction of sp³-hybridized carbons (Fsp3) is 0.615. The maximum absolute atomic E-state index is 10.5. The van der Waals surface area contributed by atoms with E-state index in [4.69, 9.17) is 9.97 Å². The number of imidazole rings is 1. The van der Waals surface area contributed by atoms with E-state index in [0.717, 1.165) is 82.2 Å². The van der Waals surface area contributed by atoms with Gasteiger partial charge in [-0.1, -0.05) is 19.1 Å². The Bertz CT molecular complexity index is 977. The molecule has 1 N–H and O–H groups in total. The molecule has 4 heterocycles. The number of aliphatic hydroxyl groups is 1. The Kier molecular flexibility index (Phi) is 6.92. The monoisotopic (exact) mass is 450 g/mol. The Morgan fingerprint density at radius 1 is 1.21 bits per heavy atom. The van der Waals surface area contributed by atoms with Gasteiger partial charge in [0.1, 0.15) is 5.82 Å². The predicted molar refractivity (Wildman–Crippen MR) is 131 cm³/mol. The van der Waals surface area contributed by atoms with E-state index in [2.05, 4.69) is 57.5 Å². The predicted octanol–water partition coefficient (Wildman–Crippen LogP) is 3.22. The Balaban J connectivity index is 1.44. The fourth-order valence-electron chi connectivity index (χ4n) is 5.88. The van der Waals surface area contributed by atoms with Crippen LogP contribution < -0.4 is 0 Å². The van der Waals surface area contributed by atoms with Crippen molar-refractivity contribution in [2.24, 2.45) is 0 Å². The molecule has 0 aromatic carbocycles. The Hall–Kier alpha value is -2.06. The van der Waals surface area contributed by atoms with Gasteiger partial charge in [0.15, 0.2) is 0 Å². The number of hydrogen-bond acceptors (Lipinski definition) is 6. The molecule has 2 aromatic heterocycles. The van der Waals surface area contributed by atoms with Crippen molar-refractivity contribution in [3.05, 3.63) is 52.9 Å². The van der Waals surface area contributed by atoms with Gasteiger partial charge in [-0.05, 0) is 57.0 Å².